The minimum Gasteiger partial charge on any atom is -0.457 e. The van der Waals surface area contributed by atoms with Gasteiger partial charge in [0, 0.05) is 11.6 Å². The molecule has 0 spiro atoms. The molecule has 0 heterocycles. The van der Waals surface area contributed by atoms with E-state index in [1.807, 2.05) is 6.07 Å². The average molecular weight is 275 g/mol. The van der Waals surface area contributed by atoms with Gasteiger partial charge in [-0.15, -0.1) is 0 Å². The molecule has 3 nitrogen and oxygen atoms in total. The fourth-order valence-corrected chi connectivity index (χ4v) is 1.70. The summed E-state index contributed by atoms with van der Waals surface area (Å²) >= 11 is 0. The lowest BCUT2D eigenvalue weighted by Crippen LogP contribution is -1.97. The highest BCUT2D eigenvalue weighted by Crippen LogP contribution is 2.31. The molecule has 0 aliphatic heterocycles. The maximum atomic E-state index is 13.1. The zero-order valence-electron chi connectivity index (χ0n) is 10.6. The Bertz CT molecular complexity index is 678. The number of nitriles is 1. The van der Waals surface area contributed by atoms with Crippen LogP contribution in [0.4, 0.5) is 8.78 Å². The highest BCUT2D eigenvalue weighted by Gasteiger charge is 2.12. The molecule has 102 valence electrons. The Kier molecular flexibility index (Phi) is 3.97. The second kappa shape index (κ2) is 5.68. The first-order chi connectivity index (χ1) is 9.51. The second-order valence-electron chi connectivity index (χ2n) is 4.22. The van der Waals surface area contributed by atoms with Crippen LogP contribution in [0, 0.1) is 23.0 Å². The molecule has 0 radical (unpaired) electrons. The fraction of sp³-hybridized carbons (Fsp3) is 0.133. The summed E-state index contributed by atoms with van der Waals surface area (Å²) in [5.74, 6) is -1.69. The first-order valence-electron chi connectivity index (χ1n) is 5.86. The van der Waals surface area contributed by atoms with Crippen LogP contribution in [0.3, 0.4) is 0 Å². The molecule has 20 heavy (non-hydrogen) atoms. The van der Waals surface area contributed by atoms with Crippen molar-refractivity contribution in [3.8, 4) is 17.6 Å². The lowest BCUT2D eigenvalue weighted by molar-refractivity contribution is 0.195. The Morgan fingerprint density at radius 1 is 1.15 bits per heavy atom. The molecule has 5 heteroatoms. The largest absolute Gasteiger partial charge is 0.457 e. The number of rotatable bonds is 3. The van der Waals surface area contributed by atoms with Gasteiger partial charge in [-0.25, -0.2) is 8.78 Å². The highest BCUT2D eigenvalue weighted by atomic mass is 19.2. The quantitative estimate of drug-likeness (QED) is 0.929. The Morgan fingerprint density at radius 2 is 1.90 bits per heavy atom. The first kappa shape index (κ1) is 14.0. The molecule has 0 unspecified atom stereocenters. The minimum atomic E-state index is -1.03. The molecule has 0 saturated carbocycles. The SMILES string of the molecule is C[C@H](O)c1ccc(C#N)cc1Oc1ccc(F)c(F)c1. The van der Waals surface area contributed by atoms with Crippen LogP contribution in [-0.4, -0.2) is 5.11 Å². The van der Waals surface area contributed by atoms with Gasteiger partial charge < -0.3 is 9.84 Å². The molecule has 2 aromatic rings. The summed E-state index contributed by atoms with van der Waals surface area (Å²) in [4.78, 5) is 0. The van der Waals surface area contributed by atoms with Crippen LogP contribution in [0.2, 0.25) is 0 Å². The average Bonchev–Trinajstić information content (AvgIpc) is 2.42. The number of benzene rings is 2. The summed E-state index contributed by atoms with van der Waals surface area (Å²) < 4.78 is 31.4. The summed E-state index contributed by atoms with van der Waals surface area (Å²) in [6.45, 7) is 1.54. The van der Waals surface area contributed by atoms with E-state index in [9.17, 15) is 13.9 Å². The number of aliphatic hydroxyl groups is 1. The van der Waals surface area contributed by atoms with Gasteiger partial charge in [0.1, 0.15) is 11.5 Å². The molecule has 0 saturated heterocycles. The van der Waals surface area contributed by atoms with Crippen molar-refractivity contribution in [3.63, 3.8) is 0 Å². The van der Waals surface area contributed by atoms with Crippen molar-refractivity contribution in [1.82, 2.24) is 0 Å². The van der Waals surface area contributed by atoms with Crippen LogP contribution in [0.15, 0.2) is 36.4 Å². The van der Waals surface area contributed by atoms with Crippen molar-refractivity contribution in [3.05, 3.63) is 59.2 Å². The van der Waals surface area contributed by atoms with Crippen molar-refractivity contribution in [2.75, 3.05) is 0 Å². The molecule has 0 fully saturated rings. The Balaban J connectivity index is 2.40. The van der Waals surface area contributed by atoms with Gasteiger partial charge in [-0.3, -0.25) is 0 Å². The molecule has 0 aromatic heterocycles. The maximum Gasteiger partial charge on any atom is 0.162 e. The summed E-state index contributed by atoms with van der Waals surface area (Å²) in [5, 5.41) is 18.5. The normalized spacial score (nSPS) is 11.8. The summed E-state index contributed by atoms with van der Waals surface area (Å²) in [7, 11) is 0. The smallest absolute Gasteiger partial charge is 0.162 e. The van der Waals surface area contributed by atoms with E-state index in [0.29, 0.717) is 11.1 Å². The molecular formula is C15H11F2NO2. The number of nitrogens with zero attached hydrogens (tertiary/aromatic N) is 1. The van der Waals surface area contributed by atoms with Crippen molar-refractivity contribution in [2.45, 2.75) is 13.0 Å². The van der Waals surface area contributed by atoms with Crippen molar-refractivity contribution >= 4 is 0 Å². The third-order valence-corrected chi connectivity index (χ3v) is 2.71. The fourth-order valence-electron chi connectivity index (χ4n) is 1.70. The Morgan fingerprint density at radius 3 is 2.50 bits per heavy atom. The van der Waals surface area contributed by atoms with Crippen LogP contribution in [0.1, 0.15) is 24.2 Å². The van der Waals surface area contributed by atoms with Gasteiger partial charge in [0.05, 0.1) is 17.7 Å². The van der Waals surface area contributed by atoms with E-state index < -0.39 is 17.7 Å². The molecule has 1 N–H and O–H groups in total. The minimum absolute atomic E-state index is 0.0842. The third kappa shape index (κ3) is 2.92. The predicted molar refractivity (Wildman–Crippen MR) is 68.2 cm³/mol. The Hall–Kier alpha value is -2.45. The maximum absolute atomic E-state index is 13.1. The predicted octanol–water partition coefficient (Wildman–Crippen LogP) is 3.68. The van der Waals surface area contributed by atoms with Crippen LogP contribution in [0.5, 0.6) is 11.5 Å². The highest BCUT2D eigenvalue weighted by molar-refractivity contribution is 5.45. The molecular weight excluding hydrogens is 264 g/mol. The summed E-state index contributed by atoms with van der Waals surface area (Å²) in [6.07, 6.45) is -0.817. The lowest BCUT2D eigenvalue weighted by atomic mass is 10.1. The number of hydrogen-bond acceptors (Lipinski definition) is 3. The zero-order valence-corrected chi connectivity index (χ0v) is 10.6. The molecule has 0 bridgehead atoms. The van der Waals surface area contributed by atoms with Gasteiger partial charge in [-0.1, -0.05) is 6.07 Å². The van der Waals surface area contributed by atoms with Crippen LogP contribution < -0.4 is 4.74 Å². The van der Waals surface area contributed by atoms with E-state index in [-0.39, 0.29) is 11.5 Å². The molecule has 0 amide bonds. The Labute approximate surface area is 114 Å². The summed E-state index contributed by atoms with van der Waals surface area (Å²) in [6, 6.07) is 9.59. The number of hydrogen-bond donors (Lipinski definition) is 1. The topological polar surface area (TPSA) is 53.2 Å². The van der Waals surface area contributed by atoms with E-state index in [2.05, 4.69) is 0 Å². The molecule has 0 aliphatic carbocycles. The molecule has 1 atom stereocenters. The van der Waals surface area contributed by atoms with E-state index in [4.69, 9.17) is 10.00 Å². The number of halogens is 2. The van der Waals surface area contributed by atoms with Crippen molar-refractivity contribution < 1.29 is 18.6 Å². The van der Waals surface area contributed by atoms with Gasteiger partial charge in [-0.05, 0) is 31.2 Å². The van der Waals surface area contributed by atoms with E-state index in [1.165, 1.54) is 12.1 Å². The van der Waals surface area contributed by atoms with E-state index in [1.54, 1.807) is 19.1 Å². The van der Waals surface area contributed by atoms with Crippen LogP contribution in [-0.2, 0) is 0 Å². The van der Waals surface area contributed by atoms with Gasteiger partial charge in [0.2, 0.25) is 0 Å². The molecule has 2 aromatic carbocycles. The first-order valence-corrected chi connectivity index (χ1v) is 5.86. The molecule has 2 rings (SSSR count). The van der Waals surface area contributed by atoms with Crippen LogP contribution in [0.25, 0.3) is 0 Å². The molecule has 0 aliphatic rings. The zero-order chi connectivity index (χ0) is 14.7. The van der Waals surface area contributed by atoms with E-state index in [0.717, 1.165) is 12.1 Å². The summed E-state index contributed by atoms with van der Waals surface area (Å²) in [5.41, 5.74) is 0.792. The monoisotopic (exact) mass is 275 g/mol. The van der Waals surface area contributed by atoms with Gasteiger partial charge in [0.15, 0.2) is 11.6 Å². The lowest BCUT2D eigenvalue weighted by Gasteiger charge is -2.13. The van der Waals surface area contributed by atoms with Gasteiger partial charge in [-0.2, -0.15) is 5.26 Å². The number of aliphatic hydroxyl groups excluding tert-OH is 1. The van der Waals surface area contributed by atoms with Crippen molar-refractivity contribution in [2.24, 2.45) is 0 Å². The third-order valence-electron chi connectivity index (χ3n) is 2.71. The van der Waals surface area contributed by atoms with Gasteiger partial charge in [0.25, 0.3) is 0 Å². The standard InChI is InChI=1S/C15H11F2NO2/c1-9(19)12-4-2-10(8-18)6-15(12)20-11-3-5-13(16)14(17)7-11/h2-7,9,19H,1H3/t9-/m0/s1. The second-order valence-corrected chi connectivity index (χ2v) is 4.22. The van der Waals surface area contributed by atoms with Gasteiger partial charge >= 0.3 is 0 Å². The van der Waals surface area contributed by atoms with E-state index >= 15 is 0 Å². The van der Waals surface area contributed by atoms with Crippen molar-refractivity contribution in [1.29, 1.82) is 5.26 Å². The number of ether oxygens (including phenoxy) is 1. The van der Waals surface area contributed by atoms with Crippen LogP contribution >= 0.6 is 0 Å².